The highest BCUT2D eigenvalue weighted by Gasteiger charge is 2.10. The minimum absolute atomic E-state index is 0.428. The molecule has 1 N–H and O–H groups in total. The van der Waals surface area contributed by atoms with Crippen molar-refractivity contribution >= 4 is 0 Å². The second-order valence-electron chi connectivity index (χ2n) is 4.25. The Hall–Kier alpha value is -2.01. The van der Waals surface area contributed by atoms with Gasteiger partial charge in [0.05, 0.1) is 12.8 Å². The van der Waals surface area contributed by atoms with Crippen molar-refractivity contribution in [1.82, 2.24) is 15.1 Å². The molecule has 0 aliphatic rings. The average Bonchev–Trinajstić information content (AvgIpc) is 2.83. The Morgan fingerprint density at radius 1 is 1.32 bits per heavy atom. The van der Waals surface area contributed by atoms with E-state index in [1.165, 1.54) is 0 Å². The molecule has 0 aliphatic heterocycles. The van der Waals surface area contributed by atoms with E-state index in [-0.39, 0.29) is 0 Å². The van der Waals surface area contributed by atoms with Crippen LogP contribution in [0.3, 0.4) is 0 Å². The number of methoxy groups -OCH3 is 1. The molecule has 0 spiro atoms. The fourth-order valence-electron chi connectivity index (χ4n) is 1.90. The first-order valence-electron chi connectivity index (χ1n) is 6.16. The summed E-state index contributed by atoms with van der Waals surface area (Å²) in [6.07, 6.45) is 1.90. The van der Waals surface area contributed by atoms with E-state index in [1.54, 1.807) is 11.8 Å². The van der Waals surface area contributed by atoms with Gasteiger partial charge in [-0.15, -0.1) is 0 Å². The fraction of sp³-hybridized carbons (Fsp3) is 0.357. The van der Waals surface area contributed by atoms with E-state index in [0.717, 1.165) is 29.3 Å². The van der Waals surface area contributed by atoms with E-state index in [4.69, 9.17) is 9.47 Å². The number of hydrogen-bond acceptors (Lipinski definition) is 4. The maximum atomic E-state index is 5.87. The van der Waals surface area contributed by atoms with Crippen LogP contribution >= 0.6 is 0 Å². The largest absolute Gasteiger partial charge is 0.493 e. The van der Waals surface area contributed by atoms with Gasteiger partial charge in [-0.3, -0.25) is 4.68 Å². The summed E-state index contributed by atoms with van der Waals surface area (Å²) in [6.45, 7) is 1.16. The zero-order chi connectivity index (χ0) is 13.7. The normalized spacial score (nSPS) is 10.5. The van der Waals surface area contributed by atoms with Crippen molar-refractivity contribution in [3.05, 3.63) is 41.7 Å². The van der Waals surface area contributed by atoms with Crippen LogP contribution in [-0.4, -0.2) is 23.9 Å². The molecule has 2 rings (SSSR count). The molecule has 0 aliphatic carbocycles. The van der Waals surface area contributed by atoms with Crippen molar-refractivity contribution in [1.29, 1.82) is 0 Å². The molecule has 1 heterocycles. The highest BCUT2D eigenvalue weighted by molar-refractivity contribution is 5.46. The first kappa shape index (κ1) is 13.4. The van der Waals surface area contributed by atoms with Crippen LogP contribution < -0.4 is 14.8 Å². The summed E-state index contributed by atoms with van der Waals surface area (Å²) < 4.78 is 13.0. The van der Waals surface area contributed by atoms with Crippen molar-refractivity contribution in [2.75, 3.05) is 14.2 Å². The van der Waals surface area contributed by atoms with Gasteiger partial charge in [0, 0.05) is 25.4 Å². The van der Waals surface area contributed by atoms with E-state index < -0.39 is 0 Å². The topological polar surface area (TPSA) is 48.3 Å². The number of aromatic nitrogens is 2. The van der Waals surface area contributed by atoms with Crippen LogP contribution in [0.5, 0.6) is 11.5 Å². The zero-order valence-corrected chi connectivity index (χ0v) is 11.5. The summed E-state index contributed by atoms with van der Waals surface area (Å²) in [5.74, 6) is 1.51. The first-order valence-corrected chi connectivity index (χ1v) is 6.16. The minimum Gasteiger partial charge on any atom is -0.493 e. The second-order valence-corrected chi connectivity index (χ2v) is 4.25. The molecule has 19 heavy (non-hydrogen) atoms. The van der Waals surface area contributed by atoms with E-state index in [1.807, 2.05) is 44.6 Å². The van der Waals surface area contributed by atoms with E-state index in [9.17, 15) is 0 Å². The van der Waals surface area contributed by atoms with Crippen LogP contribution in [0.2, 0.25) is 0 Å². The molecular formula is C14H19N3O2. The summed E-state index contributed by atoms with van der Waals surface area (Å²) in [7, 11) is 5.44. The lowest BCUT2D eigenvalue weighted by atomic mass is 10.2. The molecule has 0 bridgehead atoms. The standard InChI is InChI=1S/C14H19N3O2/c1-15-9-11-5-4-6-13(18-3)14(11)19-10-12-7-8-17(2)16-12/h4-8,15H,9-10H2,1-3H3. The Morgan fingerprint density at radius 2 is 2.16 bits per heavy atom. The average molecular weight is 261 g/mol. The van der Waals surface area contributed by atoms with Gasteiger partial charge in [0.2, 0.25) is 0 Å². The van der Waals surface area contributed by atoms with Crippen molar-refractivity contribution in [3.8, 4) is 11.5 Å². The van der Waals surface area contributed by atoms with Gasteiger partial charge in [-0.2, -0.15) is 5.10 Å². The summed E-state index contributed by atoms with van der Waals surface area (Å²) in [6, 6.07) is 7.81. The van der Waals surface area contributed by atoms with Gasteiger partial charge in [0.1, 0.15) is 6.61 Å². The van der Waals surface area contributed by atoms with Gasteiger partial charge in [-0.05, 0) is 19.2 Å². The molecule has 0 amide bonds. The highest BCUT2D eigenvalue weighted by atomic mass is 16.5. The number of para-hydroxylation sites is 1. The molecule has 0 saturated heterocycles. The molecule has 5 heteroatoms. The lowest BCUT2D eigenvalue weighted by molar-refractivity contribution is 0.276. The third-order valence-electron chi connectivity index (χ3n) is 2.78. The summed E-state index contributed by atoms with van der Waals surface area (Å²) in [5, 5.41) is 7.41. The number of ether oxygens (including phenoxy) is 2. The maximum absolute atomic E-state index is 5.87. The Morgan fingerprint density at radius 3 is 2.79 bits per heavy atom. The molecular weight excluding hydrogens is 242 g/mol. The number of nitrogens with one attached hydrogen (secondary N) is 1. The van der Waals surface area contributed by atoms with Gasteiger partial charge in [-0.1, -0.05) is 12.1 Å². The highest BCUT2D eigenvalue weighted by Crippen LogP contribution is 2.31. The molecule has 0 atom stereocenters. The summed E-state index contributed by atoms with van der Waals surface area (Å²) in [5.41, 5.74) is 1.96. The van der Waals surface area contributed by atoms with E-state index in [0.29, 0.717) is 6.61 Å². The molecule has 0 radical (unpaired) electrons. The Balaban J connectivity index is 2.17. The molecule has 5 nitrogen and oxygen atoms in total. The van der Waals surface area contributed by atoms with Crippen LogP contribution in [0, 0.1) is 0 Å². The van der Waals surface area contributed by atoms with Crippen LogP contribution in [-0.2, 0) is 20.2 Å². The van der Waals surface area contributed by atoms with Crippen LogP contribution in [0.1, 0.15) is 11.3 Å². The third kappa shape index (κ3) is 3.26. The number of aryl methyl sites for hydroxylation is 1. The SMILES string of the molecule is CNCc1cccc(OC)c1OCc1ccn(C)n1. The zero-order valence-electron chi connectivity index (χ0n) is 11.5. The van der Waals surface area contributed by atoms with Gasteiger partial charge < -0.3 is 14.8 Å². The molecule has 0 unspecified atom stereocenters. The minimum atomic E-state index is 0.428. The number of nitrogens with zero attached hydrogens (tertiary/aromatic N) is 2. The number of rotatable bonds is 6. The second kappa shape index (κ2) is 6.24. The lowest BCUT2D eigenvalue weighted by Gasteiger charge is -2.14. The maximum Gasteiger partial charge on any atom is 0.166 e. The molecule has 2 aromatic rings. The smallest absolute Gasteiger partial charge is 0.166 e. The van der Waals surface area contributed by atoms with Crippen LogP contribution in [0.15, 0.2) is 30.5 Å². The molecule has 102 valence electrons. The van der Waals surface area contributed by atoms with Crippen LogP contribution in [0.25, 0.3) is 0 Å². The number of benzene rings is 1. The van der Waals surface area contributed by atoms with Gasteiger partial charge in [0.15, 0.2) is 11.5 Å². The quantitative estimate of drug-likeness (QED) is 0.860. The first-order chi connectivity index (χ1) is 9.24. The van der Waals surface area contributed by atoms with E-state index >= 15 is 0 Å². The van der Waals surface area contributed by atoms with Gasteiger partial charge >= 0.3 is 0 Å². The third-order valence-corrected chi connectivity index (χ3v) is 2.78. The van der Waals surface area contributed by atoms with E-state index in [2.05, 4.69) is 10.4 Å². The number of hydrogen-bond donors (Lipinski definition) is 1. The summed E-state index contributed by atoms with van der Waals surface area (Å²) in [4.78, 5) is 0. The van der Waals surface area contributed by atoms with Crippen molar-refractivity contribution in [2.24, 2.45) is 7.05 Å². The Kier molecular flexibility index (Phi) is 4.41. The Labute approximate surface area is 113 Å². The molecule has 1 aromatic carbocycles. The van der Waals surface area contributed by atoms with Gasteiger partial charge in [-0.25, -0.2) is 0 Å². The fourth-order valence-corrected chi connectivity index (χ4v) is 1.90. The van der Waals surface area contributed by atoms with Crippen molar-refractivity contribution in [3.63, 3.8) is 0 Å². The lowest BCUT2D eigenvalue weighted by Crippen LogP contribution is -2.08. The van der Waals surface area contributed by atoms with Crippen molar-refractivity contribution < 1.29 is 9.47 Å². The predicted molar refractivity (Wildman–Crippen MR) is 73.3 cm³/mol. The Bertz CT molecular complexity index is 537. The van der Waals surface area contributed by atoms with Gasteiger partial charge in [0.25, 0.3) is 0 Å². The van der Waals surface area contributed by atoms with Crippen LogP contribution in [0.4, 0.5) is 0 Å². The molecule has 0 saturated carbocycles. The molecule has 1 aromatic heterocycles. The summed E-state index contributed by atoms with van der Waals surface area (Å²) >= 11 is 0. The van der Waals surface area contributed by atoms with Crippen molar-refractivity contribution in [2.45, 2.75) is 13.2 Å². The molecule has 0 fully saturated rings. The monoisotopic (exact) mass is 261 g/mol. The predicted octanol–water partition coefficient (Wildman–Crippen LogP) is 1.73.